The summed E-state index contributed by atoms with van der Waals surface area (Å²) in [7, 11) is -3.56. The lowest BCUT2D eigenvalue weighted by Crippen LogP contribution is -2.29. The number of hydrogen-bond acceptors (Lipinski definition) is 3. The van der Waals surface area contributed by atoms with Crippen LogP contribution < -0.4 is 0 Å². The van der Waals surface area contributed by atoms with Gasteiger partial charge < -0.3 is 0 Å². The number of allylic oxidation sites excluding steroid dienone is 2. The van der Waals surface area contributed by atoms with Crippen molar-refractivity contribution in [2.75, 3.05) is 13.1 Å². The summed E-state index contributed by atoms with van der Waals surface area (Å²) < 4.78 is 26.7. The molecule has 5 heteroatoms. The zero-order valence-corrected chi connectivity index (χ0v) is 14.0. The molecule has 0 radical (unpaired) electrons. The first kappa shape index (κ1) is 16.6. The Morgan fingerprint density at radius 3 is 2.36 bits per heavy atom. The first-order valence-electron chi connectivity index (χ1n) is 7.21. The van der Waals surface area contributed by atoms with Gasteiger partial charge in [0.05, 0.1) is 4.90 Å². The Balaban J connectivity index is 2.23. The molecule has 0 saturated carbocycles. The Kier molecular flexibility index (Phi) is 4.98. The van der Waals surface area contributed by atoms with Crippen molar-refractivity contribution in [2.24, 2.45) is 0 Å². The van der Waals surface area contributed by atoms with Crippen LogP contribution in [-0.2, 0) is 14.8 Å². The lowest BCUT2D eigenvalue weighted by molar-refractivity contribution is -0.105. The molecule has 0 fully saturated rings. The van der Waals surface area contributed by atoms with Gasteiger partial charge in [-0.3, -0.25) is 4.79 Å². The largest absolute Gasteiger partial charge is 0.298 e. The zero-order chi connectivity index (χ0) is 16.3. The number of hydrogen-bond donors (Lipinski definition) is 0. The quantitative estimate of drug-likeness (QED) is 0.619. The van der Waals surface area contributed by atoms with E-state index in [1.807, 2.05) is 26.8 Å². The fourth-order valence-electron chi connectivity index (χ4n) is 2.34. The highest BCUT2D eigenvalue weighted by Gasteiger charge is 2.31. The minimum absolute atomic E-state index is 0.158. The van der Waals surface area contributed by atoms with Crippen molar-refractivity contribution in [1.82, 2.24) is 4.31 Å². The van der Waals surface area contributed by atoms with Crippen LogP contribution in [0.2, 0.25) is 0 Å². The molecule has 1 aliphatic heterocycles. The van der Waals surface area contributed by atoms with Gasteiger partial charge in [0.25, 0.3) is 0 Å². The Morgan fingerprint density at radius 2 is 1.82 bits per heavy atom. The maximum Gasteiger partial charge on any atom is 0.243 e. The van der Waals surface area contributed by atoms with Crippen molar-refractivity contribution < 1.29 is 13.2 Å². The molecule has 0 bridgehead atoms. The molecule has 4 nitrogen and oxygen atoms in total. The van der Waals surface area contributed by atoms with Crippen LogP contribution in [0.5, 0.6) is 0 Å². The highest BCUT2D eigenvalue weighted by atomic mass is 32.2. The van der Waals surface area contributed by atoms with E-state index >= 15 is 0 Å². The van der Waals surface area contributed by atoms with Gasteiger partial charge in [0, 0.05) is 18.7 Å². The van der Waals surface area contributed by atoms with E-state index in [9.17, 15) is 13.2 Å². The Morgan fingerprint density at radius 1 is 1.18 bits per heavy atom. The van der Waals surface area contributed by atoms with Crippen LogP contribution in [0.3, 0.4) is 0 Å². The molecule has 1 aromatic rings. The van der Waals surface area contributed by atoms with Gasteiger partial charge in [-0.1, -0.05) is 29.3 Å². The van der Waals surface area contributed by atoms with E-state index in [0.29, 0.717) is 12.0 Å². The molecule has 1 aliphatic rings. The minimum atomic E-state index is -3.56. The SMILES string of the molecule is CC(C)=CCC1=C(C=O)CN(S(=O)(=O)c2ccc(C)cc2)C1. The molecule has 0 atom stereocenters. The lowest BCUT2D eigenvalue weighted by Gasteiger charge is -2.16. The van der Waals surface area contributed by atoms with Gasteiger partial charge in [-0.2, -0.15) is 4.31 Å². The zero-order valence-electron chi connectivity index (χ0n) is 13.2. The summed E-state index contributed by atoms with van der Waals surface area (Å²) in [5.41, 5.74) is 3.62. The average molecular weight is 319 g/mol. The van der Waals surface area contributed by atoms with Gasteiger partial charge in [0.15, 0.2) is 0 Å². The molecule has 0 N–H and O–H groups in total. The van der Waals surface area contributed by atoms with Crippen molar-refractivity contribution in [1.29, 1.82) is 0 Å². The molecular weight excluding hydrogens is 298 g/mol. The molecule has 2 rings (SSSR count). The van der Waals surface area contributed by atoms with Gasteiger partial charge in [0.2, 0.25) is 10.0 Å². The number of sulfonamides is 1. The summed E-state index contributed by atoms with van der Waals surface area (Å²) in [5, 5.41) is 0. The summed E-state index contributed by atoms with van der Waals surface area (Å²) in [6.45, 7) is 6.32. The molecule has 0 aliphatic carbocycles. The van der Waals surface area contributed by atoms with E-state index < -0.39 is 10.0 Å². The van der Waals surface area contributed by atoms with Crippen LogP contribution in [-0.4, -0.2) is 32.1 Å². The van der Waals surface area contributed by atoms with Gasteiger partial charge >= 0.3 is 0 Å². The second kappa shape index (κ2) is 6.58. The smallest absolute Gasteiger partial charge is 0.243 e. The van der Waals surface area contributed by atoms with Crippen LogP contribution in [0.25, 0.3) is 0 Å². The molecule has 0 saturated heterocycles. The third-order valence-electron chi connectivity index (χ3n) is 3.73. The lowest BCUT2D eigenvalue weighted by atomic mass is 10.1. The molecular formula is C17H21NO3S. The van der Waals surface area contributed by atoms with Crippen LogP contribution >= 0.6 is 0 Å². The van der Waals surface area contributed by atoms with E-state index in [1.54, 1.807) is 24.3 Å². The molecule has 0 aromatic heterocycles. The van der Waals surface area contributed by atoms with Crippen molar-refractivity contribution in [2.45, 2.75) is 32.1 Å². The Bertz CT molecular complexity index is 724. The third kappa shape index (κ3) is 3.54. The summed E-state index contributed by atoms with van der Waals surface area (Å²) in [6, 6.07) is 6.78. The Hall–Kier alpha value is -1.72. The minimum Gasteiger partial charge on any atom is -0.298 e. The summed E-state index contributed by atoms with van der Waals surface area (Å²) in [5.74, 6) is 0. The number of nitrogens with zero attached hydrogens (tertiary/aromatic N) is 1. The van der Waals surface area contributed by atoms with Crippen molar-refractivity contribution >= 4 is 16.3 Å². The monoisotopic (exact) mass is 319 g/mol. The number of carbonyl (C=O) groups is 1. The number of aldehydes is 1. The summed E-state index contributed by atoms with van der Waals surface area (Å²) in [4.78, 5) is 11.5. The molecule has 118 valence electrons. The predicted molar refractivity (Wildman–Crippen MR) is 87.1 cm³/mol. The number of carbonyl (C=O) groups excluding carboxylic acids is 1. The second-order valence-electron chi connectivity index (χ2n) is 5.82. The fraction of sp³-hybridized carbons (Fsp3) is 0.353. The van der Waals surface area contributed by atoms with E-state index in [2.05, 4.69) is 0 Å². The summed E-state index contributed by atoms with van der Waals surface area (Å²) >= 11 is 0. The van der Waals surface area contributed by atoms with Crippen molar-refractivity contribution in [3.05, 3.63) is 52.6 Å². The molecule has 0 amide bonds. The van der Waals surface area contributed by atoms with Crippen LogP contribution in [0.1, 0.15) is 25.8 Å². The van der Waals surface area contributed by atoms with Gasteiger partial charge in [-0.05, 0) is 44.9 Å². The van der Waals surface area contributed by atoms with E-state index in [0.717, 1.165) is 23.0 Å². The van der Waals surface area contributed by atoms with Gasteiger partial charge in [-0.25, -0.2) is 8.42 Å². The van der Waals surface area contributed by atoms with Crippen molar-refractivity contribution in [3.8, 4) is 0 Å². The van der Waals surface area contributed by atoms with Crippen LogP contribution in [0, 0.1) is 6.92 Å². The van der Waals surface area contributed by atoms with Crippen molar-refractivity contribution in [3.63, 3.8) is 0 Å². The predicted octanol–water partition coefficient (Wildman–Crippen LogP) is 2.85. The summed E-state index contributed by atoms with van der Waals surface area (Å²) in [6.07, 6.45) is 3.41. The average Bonchev–Trinajstić information content (AvgIpc) is 2.89. The number of rotatable bonds is 5. The fourth-order valence-corrected chi connectivity index (χ4v) is 3.76. The third-order valence-corrected chi connectivity index (χ3v) is 5.53. The molecule has 0 unspecified atom stereocenters. The second-order valence-corrected chi connectivity index (χ2v) is 7.76. The van der Waals surface area contributed by atoms with Gasteiger partial charge in [0.1, 0.15) is 6.29 Å². The Labute approximate surface area is 132 Å². The van der Waals surface area contributed by atoms with E-state index in [4.69, 9.17) is 0 Å². The van der Waals surface area contributed by atoms with Crippen LogP contribution in [0.4, 0.5) is 0 Å². The number of aryl methyl sites for hydroxylation is 1. The number of benzene rings is 1. The van der Waals surface area contributed by atoms with E-state index in [1.165, 1.54) is 4.31 Å². The maximum absolute atomic E-state index is 12.7. The van der Waals surface area contributed by atoms with Gasteiger partial charge in [-0.15, -0.1) is 0 Å². The molecule has 1 heterocycles. The molecule has 0 spiro atoms. The highest BCUT2D eigenvalue weighted by molar-refractivity contribution is 7.89. The standard InChI is InChI=1S/C17H21NO3S/c1-13(2)4-7-15-10-18(11-16(15)12-19)22(20,21)17-8-5-14(3)6-9-17/h4-6,8-9,12H,7,10-11H2,1-3H3. The first-order valence-corrected chi connectivity index (χ1v) is 8.65. The topological polar surface area (TPSA) is 54.5 Å². The molecule has 1 aromatic carbocycles. The normalized spacial score (nSPS) is 16.0. The van der Waals surface area contributed by atoms with Crippen LogP contribution in [0.15, 0.2) is 52.0 Å². The maximum atomic E-state index is 12.7. The van der Waals surface area contributed by atoms with E-state index in [-0.39, 0.29) is 18.0 Å². The molecule has 22 heavy (non-hydrogen) atoms. The highest BCUT2D eigenvalue weighted by Crippen LogP contribution is 2.26. The first-order chi connectivity index (χ1) is 10.3.